The molecule has 0 bridgehead atoms. The number of ether oxygens (including phenoxy) is 2. The van der Waals surface area contributed by atoms with Crippen LogP contribution in [0.15, 0.2) is 18.2 Å². The number of carbonyl (C=O) groups excluding carboxylic acids is 3. The van der Waals surface area contributed by atoms with Gasteiger partial charge in [-0.1, -0.05) is 6.07 Å². The van der Waals surface area contributed by atoms with Gasteiger partial charge in [0.1, 0.15) is 0 Å². The minimum absolute atomic E-state index is 0.0719. The van der Waals surface area contributed by atoms with Crippen LogP contribution in [0.4, 0.5) is 0 Å². The summed E-state index contributed by atoms with van der Waals surface area (Å²) in [4.78, 5) is 39.3. The molecule has 0 unspecified atom stereocenters. The van der Waals surface area contributed by atoms with Gasteiger partial charge in [0.05, 0.1) is 20.6 Å². The first kappa shape index (κ1) is 14.8. The molecule has 0 spiro atoms. The fourth-order valence-corrected chi connectivity index (χ4v) is 1.95. The summed E-state index contributed by atoms with van der Waals surface area (Å²) in [7, 11) is 3.00. The second-order valence-corrected chi connectivity index (χ2v) is 4.41. The molecule has 2 amide bonds. The Bertz CT molecular complexity index is 567. The molecule has 0 N–H and O–H groups in total. The monoisotopic (exact) mass is 293 g/mol. The zero-order valence-corrected chi connectivity index (χ0v) is 11.8. The lowest BCUT2D eigenvalue weighted by molar-refractivity contribution is -0.197. The molecule has 1 heterocycles. The van der Waals surface area contributed by atoms with Gasteiger partial charge >= 0.3 is 5.97 Å². The third kappa shape index (κ3) is 3.31. The highest BCUT2D eigenvalue weighted by atomic mass is 16.7. The summed E-state index contributed by atoms with van der Waals surface area (Å²) in [6, 6.07) is 4.97. The second-order valence-electron chi connectivity index (χ2n) is 4.41. The summed E-state index contributed by atoms with van der Waals surface area (Å²) >= 11 is 0. The van der Waals surface area contributed by atoms with Crippen LogP contribution in [-0.4, -0.2) is 37.1 Å². The van der Waals surface area contributed by atoms with Crippen LogP contribution in [0.2, 0.25) is 0 Å². The molecule has 1 aliphatic rings. The first-order chi connectivity index (χ1) is 10.0. The molecule has 1 aromatic carbocycles. The van der Waals surface area contributed by atoms with Gasteiger partial charge in [-0.25, -0.2) is 4.79 Å². The zero-order chi connectivity index (χ0) is 15.4. The molecule has 112 valence electrons. The Labute approximate surface area is 121 Å². The molecule has 7 nitrogen and oxygen atoms in total. The number of benzene rings is 1. The van der Waals surface area contributed by atoms with Crippen molar-refractivity contribution in [1.82, 2.24) is 5.06 Å². The van der Waals surface area contributed by atoms with Crippen LogP contribution in [0.3, 0.4) is 0 Å². The predicted octanol–water partition coefficient (Wildman–Crippen LogP) is 0.853. The first-order valence-electron chi connectivity index (χ1n) is 6.32. The molecular weight excluding hydrogens is 278 g/mol. The van der Waals surface area contributed by atoms with Gasteiger partial charge in [0.25, 0.3) is 11.8 Å². The summed E-state index contributed by atoms with van der Waals surface area (Å²) in [5, 5.41) is 0.531. The lowest BCUT2D eigenvalue weighted by Crippen LogP contribution is -2.32. The van der Waals surface area contributed by atoms with Gasteiger partial charge in [0.2, 0.25) is 0 Å². The number of hydrogen-bond donors (Lipinski definition) is 0. The SMILES string of the molecule is COc1ccc(CC(=O)ON2C(=O)CCC2=O)cc1OC. The summed E-state index contributed by atoms with van der Waals surface area (Å²) in [6.07, 6.45) is 0.0579. The molecule has 1 fully saturated rings. The molecule has 1 saturated heterocycles. The first-order valence-corrected chi connectivity index (χ1v) is 6.32. The van der Waals surface area contributed by atoms with Gasteiger partial charge in [-0.3, -0.25) is 9.59 Å². The van der Waals surface area contributed by atoms with E-state index in [-0.39, 0.29) is 19.3 Å². The number of nitrogens with zero attached hydrogens (tertiary/aromatic N) is 1. The van der Waals surface area contributed by atoms with Crippen molar-refractivity contribution < 1.29 is 28.7 Å². The molecule has 0 aliphatic carbocycles. The Morgan fingerprint density at radius 3 is 2.29 bits per heavy atom. The van der Waals surface area contributed by atoms with E-state index in [0.717, 1.165) is 0 Å². The summed E-state index contributed by atoms with van der Waals surface area (Å²) in [5.74, 6) is -0.664. The van der Waals surface area contributed by atoms with Crippen molar-refractivity contribution in [3.63, 3.8) is 0 Å². The molecular formula is C14H15NO6. The lowest BCUT2D eigenvalue weighted by Gasteiger charge is -2.13. The molecule has 1 aromatic rings. The maximum atomic E-state index is 11.8. The normalized spacial score (nSPS) is 14.3. The minimum Gasteiger partial charge on any atom is -0.493 e. The van der Waals surface area contributed by atoms with E-state index in [1.807, 2.05) is 0 Å². The maximum absolute atomic E-state index is 11.8. The number of hydroxylamine groups is 2. The van der Waals surface area contributed by atoms with Crippen molar-refractivity contribution >= 4 is 17.8 Å². The van der Waals surface area contributed by atoms with E-state index in [4.69, 9.17) is 14.3 Å². The molecule has 1 aliphatic heterocycles. The highest BCUT2D eigenvalue weighted by Crippen LogP contribution is 2.27. The highest BCUT2D eigenvalue weighted by molar-refractivity contribution is 6.01. The number of rotatable bonds is 5. The molecule has 0 aromatic heterocycles. The Morgan fingerprint density at radius 2 is 1.71 bits per heavy atom. The van der Waals surface area contributed by atoms with Crippen molar-refractivity contribution in [3.8, 4) is 11.5 Å². The van der Waals surface area contributed by atoms with Crippen LogP contribution in [0, 0.1) is 0 Å². The van der Waals surface area contributed by atoms with E-state index < -0.39 is 17.8 Å². The zero-order valence-electron chi connectivity index (χ0n) is 11.8. The van der Waals surface area contributed by atoms with E-state index in [1.54, 1.807) is 18.2 Å². The van der Waals surface area contributed by atoms with Crippen molar-refractivity contribution in [1.29, 1.82) is 0 Å². The molecule has 21 heavy (non-hydrogen) atoms. The van der Waals surface area contributed by atoms with Crippen LogP contribution in [0.5, 0.6) is 11.5 Å². The smallest absolute Gasteiger partial charge is 0.337 e. The van der Waals surface area contributed by atoms with E-state index >= 15 is 0 Å². The number of imide groups is 1. The summed E-state index contributed by atoms with van der Waals surface area (Å²) < 4.78 is 10.2. The van der Waals surface area contributed by atoms with Gasteiger partial charge < -0.3 is 14.3 Å². The lowest BCUT2D eigenvalue weighted by atomic mass is 10.1. The standard InChI is InChI=1S/C14H15NO6/c1-19-10-4-3-9(7-11(10)20-2)8-14(18)21-15-12(16)5-6-13(15)17/h3-4,7H,5-6,8H2,1-2H3. The summed E-state index contributed by atoms with van der Waals surface area (Å²) in [6.45, 7) is 0. The van der Waals surface area contributed by atoms with Crippen LogP contribution < -0.4 is 9.47 Å². The van der Waals surface area contributed by atoms with Crippen LogP contribution in [-0.2, 0) is 25.6 Å². The average Bonchev–Trinajstić information content (AvgIpc) is 2.79. The van der Waals surface area contributed by atoms with Crippen molar-refractivity contribution in [2.24, 2.45) is 0 Å². The van der Waals surface area contributed by atoms with Gasteiger partial charge in [-0.05, 0) is 17.7 Å². The maximum Gasteiger partial charge on any atom is 0.337 e. The number of amides is 2. The average molecular weight is 293 g/mol. The topological polar surface area (TPSA) is 82.1 Å². The number of carbonyl (C=O) groups is 3. The molecule has 0 saturated carbocycles. The van der Waals surface area contributed by atoms with Gasteiger partial charge in [0, 0.05) is 12.8 Å². The Morgan fingerprint density at radius 1 is 1.10 bits per heavy atom. The Kier molecular flexibility index (Phi) is 4.42. The largest absolute Gasteiger partial charge is 0.493 e. The minimum atomic E-state index is -0.689. The van der Waals surface area contributed by atoms with E-state index in [9.17, 15) is 14.4 Å². The van der Waals surface area contributed by atoms with Gasteiger partial charge in [-0.15, -0.1) is 5.06 Å². The Hall–Kier alpha value is -2.57. The van der Waals surface area contributed by atoms with Crippen molar-refractivity contribution in [3.05, 3.63) is 23.8 Å². The van der Waals surface area contributed by atoms with Crippen molar-refractivity contribution in [2.45, 2.75) is 19.3 Å². The Balaban J connectivity index is 2.02. The fraction of sp³-hybridized carbons (Fsp3) is 0.357. The second kappa shape index (κ2) is 6.25. The van der Waals surface area contributed by atoms with Gasteiger partial charge in [0.15, 0.2) is 11.5 Å². The van der Waals surface area contributed by atoms with E-state index in [0.29, 0.717) is 22.1 Å². The van der Waals surface area contributed by atoms with Crippen LogP contribution in [0.25, 0.3) is 0 Å². The van der Waals surface area contributed by atoms with Crippen molar-refractivity contribution in [2.75, 3.05) is 14.2 Å². The summed E-state index contributed by atoms with van der Waals surface area (Å²) in [5.41, 5.74) is 0.622. The number of methoxy groups -OCH3 is 2. The van der Waals surface area contributed by atoms with Crippen LogP contribution >= 0.6 is 0 Å². The highest BCUT2D eigenvalue weighted by Gasteiger charge is 2.32. The molecule has 0 radical (unpaired) electrons. The molecule has 2 rings (SSSR count). The number of hydrogen-bond acceptors (Lipinski definition) is 6. The third-order valence-electron chi connectivity index (χ3n) is 3.00. The quantitative estimate of drug-likeness (QED) is 0.749. The predicted molar refractivity (Wildman–Crippen MR) is 70.4 cm³/mol. The fourth-order valence-electron chi connectivity index (χ4n) is 1.95. The van der Waals surface area contributed by atoms with Gasteiger partial charge in [-0.2, -0.15) is 0 Å². The van der Waals surface area contributed by atoms with E-state index in [1.165, 1.54) is 14.2 Å². The van der Waals surface area contributed by atoms with E-state index in [2.05, 4.69) is 0 Å². The van der Waals surface area contributed by atoms with Crippen LogP contribution in [0.1, 0.15) is 18.4 Å². The third-order valence-corrected chi connectivity index (χ3v) is 3.00. The molecule has 7 heteroatoms. The molecule has 0 atom stereocenters.